The quantitative estimate of drug-likeness (QED) is 0.656. The number of alkyl halides is 1. The Morgan fingerprint density at radius 2 is 1.50 bits per heavy atom. The number of hydrogen-bond donors (Lipinski definition) is 0. The van der Waals surface area contributed by atoms with Crippen LogP contribution < -0.4 is 0 Å². The van der Waals surface area contributed by atoms with Gasteiger partial charge < -0.3 is 4.74 Å². The Labute approximate surface area is 91.2 Å². The standard InChI is InChI=1S/C12H19ClO/c13-7-14-6-12-10-2-8-1-9(4-10)5-11(12)3-8/h8-12H,1-7H2. The van der Waals surface area contributed by atoms with E-state index in [9.17, 15) is 0 Å². The van der Waals surface area contributed by atoms with Gasteiger partial charge in [-0.25, -0.2) is 0 Å². The fraction of sp³-hybridized carbons (Fsp3) is 1.00. The molecule has 4 aliphatic carbocycles. The topological polar surface area (TPSA) is 9.23 Å². The van der Waals surface area contributed by atoms with Gasteiger partial charge in [-0.1, -0.05) is 11.6 Å². The Kier molecular flexibility index (Phi) is 2.49. The molecule has 0 N–H and O–H groups in total. The second-order valence-electron chi connectivity index (χ2n) is 5.57. The molecule has 2 heteroatoms. The van der Waals surface area contributed by atoms with Crippen LogP contribution in [0.2, 0.25) is 0 Å². The van der Waals surface area contributed by atoms with Gasteiger partial charge in [0.05, 0.1) is 6.61 Å². The summed E-state index contributed by atoms with van der Waals surface area (Å²) in [6, 6.07) is 0.378. The molecule has 0 aliphatic heterocycles. The Morgan fingerprint density at radius 3 is 2.00 bits per heavy atom. The van der Waals surface area contributed by atoms with Gasteiger partial charge in [-0.2, -0.15) is 0 Å². The molecule has 0 aromatic rings. The van der Waals surface area contributed by atoms with Crippen LogP contribution in [-0.4, -0.2) is 12.7 Å². The van der Waals surface area contributed by atoms with Crippen molar-refractivity contribution in [3.8, 4) is 0 Å². The smallest absolute Gasteiger partial charge is 0.120 e. The number of halogens is 1. The van der Waals surface area contributed by atoms with Gasteiger partial charge in [0.15, 0.2) is 0 Å². The summed E-state index contributed by atoms with van der Waals surface area (Å²) in [5.74, 6) is 4.96. The third-order valence-electron chi connectivity index (χ3n) is 4.81. The molecule has 0 amide bonds. The average molecular weight is 215 g/mol. The predicted octanol–water partition coefficient (Wildman–Crippen LogP) is 3.27. The molecule has 4 fully saturated rings. The monoisotopic (exact) mass is 214 g/mol. The van der Waals surface area contributed by atoms with Gasteiger partial charge >= 0.3 is 0 Å². The summed E-state index contributed by atoms with van der Waals surface area (Å²) in [5.41, 5.74) is 0. The van der Waals surface area contributed by atoms with Crippen molar-refractivity contribution in [1.82, 2.24) is 0 Å². The minimum absolute atomic E-state index is 0.378. The van der Waals surface area contributed by atoms with Crippen LogP contribution in [0.25, 0.3) is 0 Å². The van der Waals surface area contributed by atoms with Gasteiger partial charge in [0.25, 0.3) is 0 Å². The molecule has 0 heterocycles. The summed E-state index contributed by atoms with van der Waals surface area (Å²) in [5, 5.41) is 0. The largest absolute Gasteiger partial charge is 0.365 e. The number of rotatable bonds is 3. The first-order valence-electron chi connectivity index (χ1n) is 6.00. The van der Waals surface area contributed by atoms with Gasteiger partial charge in [0, 0.05) is 0 Å². The van der Waals surface area contributed by atoms with E-state index in [0.717, 1.165) is 36.2 Å². The van der Waals surface area contributed by atoms with E-state index < -0.39 is 0 Å². The van der Waals surface area contributed by atoms with E-state index in [1.54, 1.807) is 0 Å². The molecule has 0 radical (unpaired) electrons. The molecular weight excluding hydrogens is 196 g/mol. The van der Waals surface area contributed by atoms with Gasteiger partial charge in [-0.15, -0.1) is 0 Å². The van der Waals surface area contributed by atoms with Crippen molar-refractivity contribution < 1.29 is 4.74 Å². The molecule has 4 bridgehead atoms. The van der Waals surface area contributed by atoms with Crippen molar-refractivity contribution in [2.24, 2.45) is 29.6 Å². The van der Waals surface area contributed by atoms with E-state index in [1.165, 1.54) is 32.1 Å². The highest BCUT2D eigenvalue weighted by molar-refractivity contribution is 6.17. The third kappa shape index (κ3) is 1.49. The molecule has 1 nitrogen and oxygen atoms in total. The lowest BCUT2D eigenvalue weighted by Gasteiger charge is -2.54. The van der Waals surface area contributed by atoms with Gasteiger partial charge in [0.2, 0.25) is 0 Å². The van der Waals surface area contributed by atoms with Crippen LogP contribution in [-0.2, 0) is 4.74 Å². The first-order chi connectivity index (χ1) is 6.86. The van der Waals surface area contributed by atoms with Crippen LogP contribution in [0.3, 0.4) is 0 Å². The second kappa shape index (κ2) is 3.68. The molecule has 4 rings (SSSR count). The first kappa shape index (κ1) is 9.47. The van der Waals surface area contributed by atoms with E-state index in [2.05, 4.69) is 0 Å². The molecule has 4 aliphatic rings. The highest BCUT2D eigenvalue weighted by Crippen LogP contribution is 2.56. The molecule has 0 unspecified atom stereocenters. The molecular formula is C12H19ClO. The molecule has 80 valence electrons. The van der Waals surface area contributed by atoms with Crippen molar-refractivity contribution in [3.05, 3.63) is 0 Å². The highest BCUT2D eigenvalue weighted by atomic mass is 35.5. The molecule has 0 aromatic carbocycles. The molecule has 0 aromatic heterocycles. The molecule has 14 heavy (non-hydrogen) atoms. The number of hydrogen-bond acceptors (Lipinski definition) is 1. The zero-order valence-electron chi connectivity index (χ0n) is 8.62. The Balaban J connectivity index is 1.69. The van der Waals surface area contributed by atoms with Crippen molar-refractivity contribution in [1.29, 1.82) is 0 Å². The van der Waals surface area contributed by atoms with Crippen molar-refractivity contribution >= 4 is 11.6 Å². The van der Waals surface area contributed by atoms with Crippen molar-refractivity contribution in [2.75, 3.05) is 12.7 Å². The highest BCUT2D eigenvalue weighted by Gasteiger charge is 2.47. The normalized spacial score (nSPS) is 49.9. The van der Waals surface area contributed by atoms with Crippen LogP contribution >= 0.6 is 11.6 Å². The second-order valence-corrected chi connectivity index (χ2v) is 5.79. The predicted molar refractivity (Wildman–Crippen MR) is 57.2 cm³/mol. The fourth-order valence-corrected chi connectivity index (χ4v) is 4.58. The number of ether oxygens (including phenoxy) is 1. The first-order valence-corrected chi connectivity index (χ1v) is 6.54. The maximum atomic E-state index is 5.59. The van der Waals surface area contributed by atoms with Crippen molar-refractivity contribution in [2.45, 2.75) is 32.1 Å². The summed E-state index contributed by atoms with van der Waals surface area (Å²) in [6.07, 6.45) is 7.50. The van der Waals surface area contributed by atoms with Gasteiger partial charge in [0.1, 0.15) is 6.07 Å². The summed E-state index contributed by atoms with van der Waals surface area (Å²) in [7, 11) is 0. The molecule has 4 saturated carbocycles. The van der Waals surface area contributed by atoms with E-state index in [4.69, 9.17) is 16.3 Å². The van der Waals surface area contributed by atoms with E-state index in [0.29, 0.717) is 6.07 Å². The molecule has 0 spiro atoms. The summed E-state index contributed by atoms with van der Waals surface area (Å²) in [6.45, 7) is 0.929. The van der Waals surface area contributed by atoms with Crippen LogP contribution in [0.4, 0.5) is 0 Å². The average Bonchev–Trinajstić information content (AvgIpc) is 2.15. The lowest BCUT2D eigenvalue weighted by atomic mass is 9.52. The van der Waals surface area contributed by atoms with E-state index >= 15 is 0 Å². The van der Waals surface area contributed by atoms with E-state index in [-0.39, 0.29) is 0 Å². The van der Waals surface area contributed by atoms with Crippen LogP contribution in [0.15, 0.2) is 0 Å². The van der Waals surface area contributed by atoms with Crippen LogP contribution in [0.1, 0.15) is 32.1 Å². The van der Waals surface area contributed by atoms with Crippen LogP contribution in [0.5, 0.6) is 0 Å². The maximum Gasteiger partial charge on any atom is 0.120 e. The molecule has 0 atom stereocenters. The summed E-state index contributed by atoms with van der Waals surface area (Å²) >= 11 is 5.59. The Hall–Kier alpha value is 0.250. The van der Waals surface area contributed by atoms with Crippen LogP contribution in [0, 0.1) is 29.6 Å². The zero-order valence-corrected chi connectivity index (χ0v) is 9.38. The van der Waals surface area contributed by atoms with Gasteiger partial charge in [-0.3, -0.25) is 0 Å². The van der Waals surface area contributed by atoms with Gasteiger partial charge in [-0.05, 0) is 61.7 Å². The fourth-order valence-electron chi connectivity index (χ4n) is 4.49. The SMILES string of the molecule is ClCOCC1C2CC3CC(C2)CC1C3. The summed E-state index contributed by atoms with van der Waals surface area (Å²) in [4.78, 5) is 0. The Bertz CT molecular complexity index is 188. The maximum absolute atomic E-state index is 5.59. The minimum Gasteiger partial charge on any atom is -0.365 e. The van der Waals surface area contributed by atoms with E-state index in [1.807, 2.05) is 0 Å². The zero-order chi connectivity index (χ0) is 9.54. The molecule has 0 saturated heterocycles. The third-order valence-corrected chi connectivity index (χ3v) is 4.96. The summed E-state index contributed by atoms with van der Waals surface area (Å²) < 4.78 is 5.42. The Morgan fingerprint density at radius 1 is 0.929 bits per heavy atom. The lowest BCUT2D eigenvalue weighted by Crippen LogP contribution is -2.46. The lowest BCUT2D eigenvalue weighted by molar-refractivity contribution is -0.0663. The minimum atomic E-state index is 0.378. The van der Waals surface area contributed by atoms with Crippen molar-refractivity contribution in [3.63, 3.8) is 0 Å².